The number of nitrogens with one attached hydrogen (secondary N) is 2. The Morgan fingerprint density at radius 1 is 0.658 bits per heavy atom. The molecule has 0 aliphatic heterocycles. The Balaban J connectivity index is 1.69. The van der Waals surface area contributed by atoms with Crippen molar-refractivity contribution in [2.24, 2.45) is 0 Å². The highest BCUT2D eigenvalue weighted by atomic mass is 16.3. The lowest BCUT2D eigenvalue weighted by molar-refractivity contribution is -0.123. The minimum Gasteiger partial charge on any atom is -0.508 e. The molecule has 4 N–H and O–H groups in total. The Labute approximate surface area is 229 Å². The summed E-state index contributed by atoms with van der Waals surface area (Å²) in [4.78, 5) is 25.3. The van der Waals surface area contributed by atoms with Gasteiger partial charge in [-0.3, -0.25) is 9.59 Å². The van der Waals surface area contributed by atoms with Gasteiger partial charge in [-0.15, -0.1) is 0 Å². The highest BCUT2D eigenvalue weighted by Gasteiger charge is 2.23. The summed E-state index contributed by atoms with van der Waals surface area (Å²) < 4.78 is 0. The van der Waals surface area contributed by atoms with Crippen molar-refractivity contribution in [2.75, 3.05) is 13.1 Å². The number of benzene rings is 2. The molecule has 0 aliphatic rings. The second kappa shape index (κ2) is 13.2. The van der Waals surface area contributed by atoms with Crippen LogP contribution in [0.5, 0.6) is 11.5 Å². The molecule has 0 fully saturated rings. The summed E-state index contributed by atoms with van der Waals surface area (Å²) in [7, 11) is 0. The van der Waals surface area contributed by atoms with Crippen LogP contribution < -0.4 is 10.6 Å². The fourth-order valence-corrected chi connectivity index (χ4v) is 4.48. The molecule has 2 atom stereocenters. The van der Waals surface area contributed by atoms with Gasteiger partial charge in [0.05, 0.1) is 11.8 Å². The van der Waals surface area contributed by atoms with Gasteiger partial charge >= 0.3 is 0 Å². The van der Waals surface area contributed by atoms with E-state index in [0.29, 0.717) is 13.1 Å². The maximum absolute atomic E-state index is 12.6. The van der Waals surface area contributed by atoms with Crippen LogP contribution in [-0.4, -0.2) is 35.1 Å². The smallest absolute Gasteiger partial charge is 0.227 e. The summed E-state index contributed by atoms with van der Waals surface area (Å²) in [5.41, 5.74) is 3.08. The summed E-state index contributed by atoms with van der Waals surface area (Å²) in [5.74, 6) is -0.0886. The molecule has 0 saturated carbocycles. The molecule has 38 heavy (non-hydrogen) atoms. The quantitative estimate of drug-likeness (QED) is 0.256. The van der Waals surface area contributed by atoms with E-state index in [9.17, 15) is 19.8 Å². The Hall–Kier alpha value is -3.02. The molecule has 2 rings (SSSR count). The number of carbonyl (C=O) groups is 2. The number of hydrogen-bond acceptors (Lipinski definition) is 4. The van der Waals surface area contributed by atoms with Crippen molar-refractivity contribution in [1.29, 1.82) is 0 Å². The second-order valence-electron chi connectivity index (χ2n) is 12.5. The highest BCUT2D eigenvalue weighted by Crippen LogP contribution is 2.34. The van der Waals surface area contributed by atoms with Gasteiger partial charge in [-0.25, -0.2) is 0 Å². The lowest BCUT2D eigenvalue weighted by Gasteiger charge is -2.22. The number of hydrogen-bond donors (Lipinski definition) is 4. The predicted molar refractivity (Wildman–Crippen MR) is 155 cm³/mol. The number of phenolic OH excluding ortho intramolecular Hbond substituents is 2. The number of carbonyl (C=O) groups excluding carboxylic acids is 2. The molecule has 2 aromatic rings. The molecular weight excluding hydrogens is 476 g/mol. The van der Waals surface area contributed by atoms with Crippen molar-refractivity contribution in [1.82, 2.24) is 10.6 Å². The van der Waals surface area contributed by atoms with Crippen LogP contribution in [0, 0.1) is 0 Å². The van der Waals surface area contributed by atoms with E-state index < -0.39 is 0 Å². The number of phenols is 2. The maximum Gasteiger partial charge on any atom is 0.227 e. The normalized spacial score (nSPS) is 13.6. The van der Waals surface area contributed by atoms with Gasteiger partial charge in [0.15, 0.2) is 0 Å². The Morgan fingerprint density at radius 2 is 1.00 bits per heavy atom. The molecule has 2 amide bonds. The van der Waals surface area contributed by atoms with E-state index in [1.54, 1.807) is 12.1 Å². The molecule has 0 bridgehead atoms. The Bertz CT molecular complexity index is 1010. The SMILES string of the molecule is CC(C(=O)NCCCCCCNC(=O)C(C)c1ccc(O)c(C(C)(C)C)c1)c1ccc(O)c(C(C)(C)C)c1. The Kier molecular flexibility index (Phi) is 10.8. The monoisotopic (exact) mass is 524 g/mol. The average molecular weight is 525 g/mol. The Morgan fingerprint density at radius 3 is 1.32 bits per heavy atom. The molecule has 2 aromatic carbocycles. The van der Waals surface area contributed by atoms with Crippen LogP contribution >= 0.6 is 0 Å². The second-order valence-corrected chi connectivity index (χ2v) is 12.5. The van der Waals surface area contributed by atoms with E-state index in [-0.39, 0.29) is 46.0 Å². The first kappa shape index (κ1) is 31.2. The van der Waals surface area contributed by atoms with Crippen molar-refractivity contribution >= 4 is 11.8 Å². The molecule has 2 unspecified atom stereocenters. The third kappa shape index (κ3) is 8.78. The minimum absolute atomic E-state index is 0.0133. The van der Waals surface area contributed by atoms with Crippen LogP contribution in [0.2, 0.25) is 0 Å². The van der Waals surface area contributed by atoms with Crippen LogP contribution in [0.1, 0.15) is 115 Å². The molecule has 0 saturated heterocycles. The molecule has 6 heteroatoms. The average Bonchev–Trinajstić information content (AvgIpc) is 2.83. The van der Waals surface area contributed by atoms with Crippen molar-refractivity contribution < 1.29 is 19.8 Å². The molecule has 0 aliphatic carbocycles. The van der Waals surface area contributed by atoms with Crippen LogP contribution in [0.4, 0.5) is 0 Å². The molecule has 210 valence electrons. The molecular formula is C32H48N2O4. The van der Waals surface area contributed by atoms with Crippen molar-refractivity contribution in [3.8, 4) is 11.5 Å². The standard InChI is InChI=1S/C32H48N2O4/c1-21(23-13-15-27(35)25(19-23)31(3,4)5)29(37)33-17-11-9-10-12-18-34-30(38)22(2)24-14-16-28(36)26(20-24)32(6,7)8/h13-16,19-22,35-36H,9-12,17-18H2,1-8H3,(H,33,37)(H,34,38). The van der Waals surface area contributed by atoms with Gasteiger partial charge in [-0.05, 0) is 71.9 Å². The van der Waals surface area contributed by atoms with Gasteiger partial charge in [0.1, 0.15) is 11.5 Å². The first-order chi connectivity index (χ1) is 17.6. The third-order valence-corrected chi connectivity index (χ3v) is 7.15. The molecule has 0 radical (unpaired) electrons. The summed E-state index contributed by atoms with van der Waals surface area (Å²) in [6.07, 6.45) is 3.71. The number of amides is 2. The van der Waals surface area contributed by atoms with Gasteiger partial charge in [0, 0.05) is 13.1 Å². The van der Waals surface area contributed by atoms with Gasteiger partial charge in [0.2, 0.25) is 11.8 Å². The topological polar surface area (TPSA) is 98.7 Å². The lowest BCUT2D eigenvalue weighted by atomic mass is 9.84. The predicted octanol–water partition coefficient (Wildman–Crippen LogP) is 6.39. The van der Waals surface area contributed by atoms with Crippen LogP contribution in [0.3, 0.4) is 0 Å². The zero-order valence-corrected chi connectivity index (χ0v) is 24.6. The van der Waals surface area contributed by atoms with E-state index in [4.69, 9.17) is 0 Å². The maximum atomic E-state index is 12.6. The highest BCUT2D eigenvalue weighted by molar-refractivity contribution is 5.83. The molecule has 6 nitrogen and oxygen atoms in total. The summed E-state index contributed by atoms with van der Waals surface area (Å²) in [6, 6.07) is 10.8. The van der Waals surface area contributed by atoms with E-state index >= 15 is 0 Å². The third-order valence-electron chi connectivity index (χ3n) is 7.15. The summed E-state index contributed by atoms with van der Waals surface area (Å²) >= 11 is 0. The first-order valence-corrected chi connectivity index (χ1v) is 13.8. The first-order valence-electron chi connectivity index (χ1n) is 13.8. The van der Waals surface area contributed by atoms with Crippen LogP contribution in [0.25, 0.3) is 0 Å². The minimum atomic E-state index is -0.290. The lowest BCUT2D eigenvalue weighted by Crippen LogP contribution is -2.29. The van der Waals surface area contributed by atoms with Crippen LogP contribution in [-0.2, 0) is 20.4 Å². The summed E-state index contributed by atoms with van der Waals surface area (Å²) in [5, 5.41) is 26.4. The number of rotatable bonds is 11. The molecule has 0 aromatic heterocycles. The fraction of sp³-hybridized carbons (Fsp3) is 0.562. The fourth-order valence-electron chi connectivity index (χ4n) is 4.48. The largest absolute Gasteiger partial charge is 0.508 e. The van der Waals surface area contributed by atoms with Crippen molar-refractivity contribution in [3.05, 3.63) is 58.7 Å². The van der Waals surface area contributed by atoms with E-state index in [0.717, 1.165) is 47.9 Å². The van der Waals surface area contributed by atoms with Crippen molar-refractivity contribution in [2.45, 2.75) is 104 Å². The van der Waals surface area contributed by atoms with Gasteiger partial charge in [0.25, 0.3) is 0 Å². The van der Waals surface area contributed by atoms with E-state index in [2.05, 4.69) is 10.6 Å². The number of unbranched alkanes of at least 4 members (excludes halogenated alkanes) is 3. The number of aromatic hydroxyl groups is 2. The van der Waals surface area contributed by atoms with Gasteiger partial charge in [-0.1, -0.05) is 78.6 Å². The van der Waals surface area contributed by atoms with Gasteiger partial charge in [-0.2, -0.15) is 0 Å². The zero-order chi connectivity index (χ0) is 28.7. The zero-order valence-electron chi connectivity index (χ0n) is 24.6. The summed E-state index contributed by atoms with van der Waals surface area (Å²) in [6.45, 7) is 17.3. The van der Waals surface area contributed by atoms with Gasteiger partial charge < -0.3 is 20.8 Å². The van der Waals surface area contributed by atoms with E-state index in [1.807, 2.05) is 79.7 Å². The van der Waals surface area contributed by atoms with Crippen molar-refractivity contribution in [3.63, 3.8) is 0 Å². The molecule has 0 heterocycles. The van der Waals surface area contributed by atoms with Crippen LogP contribution in [0.15, 0.2) is 36.4 Å². The molecule has 0 spiro atoms. The van der Waals surface area contributed by atoms with E-state index in [1.165, 1.54) is 0 Å².